The van der Waals surface area contributed by atoms with Crippen LogP contribution in [0.3, 0.4) is 0 Å². The van der Waals surface area contributed by atoms with Gasteiger partial charge in [-0.05, 0) is 67.8 Å². The fourth-order valence-electron chi connectivity index (χ4n) is 3.66. The number of aryl methyl sites for hydroxylation is 3. The van der Waals surface area contributed by atoms with Gasteiger partial charge in [0.15, 0.2) is 11.0 Å². The fraction of sp³-hybridized carbons (Fsp3) is 0.222. The van der Waals surface area contributed by atoms with Gasteiger partial charge in [-0.3, -0.25) is 9.36 Å². The van der Waals surface area contributed by atoms with Gasteiger partial charge in [0, 0.05) is 11.3 Å². The number of carbonyl (C=O) groups excluding carboxylic acids is 1. The minimum atomic E-state index is -0.174. The molecule has 4 aromatic rings. The summed E-state index contributed by atoms with van der Waals surface area (Å²) in [4.78, 5) is 12.7. The maximum atomic E-state index is 12.7. The zero-order valence-corrected chi connectivity index (χ0v) is 20.6. The Morgan fingerprint density at radius 2 is 1.74 bits per heavy atom. The van der Waals surface area contributed by atoms with Crippen LogP contribution in [-0.2, 0) is 12.3 Å². The number of carbonyl (C=O) groups is 1. The third-order valence-electron chi connectivity index (χ3n) is 5.52. The highest BCUT2D eigenvalue weighted by atomic mass is 32.2. The number of hydrogen-bond donors (Lipinski definition) is 1. The van der Waals surface area contributed by atoms with Crippen molar-refractivity contribution in [3.8, 4) is 11.4 Å². The van der Waals surface area contributed by atoms with Crippen LogP contribution >= 0.6 is 11.8 Å². The van der Waals surface area contributed by atoms with E-state index < -0.39 is 0 Å². The van der Waals surface area contributed by atoms with Crippen LogP contribution in [0.2, 0.25) is 0 Å². The lowest BCUT2D eigenvalue weighted by Gasteiger charge is -2.14. The van der Waals surface area contributed by atoms with Gasteiger partial charge in [0.1, 0.15) is 5.75 Å². The van der Waals surface area contributed by atoms with E-state index in [1.54, 1.807) is 43.1 Å². The van der Waals surface area contributed by atoms with Crippen molar-refractivity contribution >= 4 is 17.7 Å². The minimum Gasteiger partial charge on any atom is -0.497 e. The van der Waals surface area contributed by atoms with Crippen molar-refractivity contribution in [2.24, 2.45) is 0 Å². The number of rotatable bonds is 8. The normalized spacial score (nSPS) is 10.8. The first-order valence-corrected chi connectivity index (χ1v) is 12.1. The van der Waals surface area contributed by atoms with E-state index in [1.165, 1.54) is 11.1 Å². The van der Waals surface area contributed by atoms with Crippen LogP contribution in [0.1, 0.15) is 38.4 Å². The summed E-state index contributed by atoms with van der Waals surface area (Å²) in [5.41, 5.74) is 6.31. The number of hydrogen-bond acceptors (Lipinski definition) is 5. The van der Waals surface area contributed by atoms with E-state index in [1.807, 2.05) is 0 Å². The van der Waals surface area contributed by atoms with Gasteiger partial charge in [0.05, 0.1) is 19.3 Å². The molecule has 0 atom stereocenters. The third-order valence-corrected chi connectivity index (χ3v) is 6.52. The molecule has 0 unspecified atom stereocenters. The van der Waals surface area contributed by atoms with Gasteiger partial charge < -0.3 is 10.1 Å². The van der Waals surface area contributed by atoms with Crippen molar-refractivity contribution in [2.75, 3.05) is 7.11 Å². The summed E-state index contributed by atoms with van der Waals surface area (Å²) in [6.45, 7) is 6.49. The van der Waals surface area contributed by atoms with Crippen LogP contribution in [-0.4, -0.2) is 27.8 Å². The van der Waals surface area contributed by atoms with E-state index in [-0.39, 0.29) is 12.5 Å². The lowest BCUT2D eigenvalue weighted by atomic mass is 10.1. The molecule has 0 bridgehead atoms. The number of aromatic nitrogens is 3. The molecule has 1 amide bonds. The lowest BCUT2D eigenvalue weighted by molar-refractivity contribution is 0.0949. The van der Waals surface area contributed by atoms with Crippen molar-refractivity contribution in [3.63, 3.8) is 0 Å². The SMILES string of the molecule is COc1ccc(C(=O)NCc2nnc(SCc3cccc(C)c3)n2-c2cc(C)ccc2C)cc1. The zero-order chi connectivity index (χ0) is 24.1. The van der Waals surface area contributed by atoms with Crippen molar-refractivity contribution in [1.82, 2.24) is 20.1 Å². The van der Waals surface area contributed by atoms with Crippen LogP contribution in [0.4, 0.5) is 0 Å². The third kappa shape index (κ3) is 5.48. The quantitative estimate of drug-likeness (QED) is 0.347. The Bertz CT molecular complexity index is 1300. The van der Waals surface area contributed by atoms with Gasteiger partial charge in [0.2, 0.25) is 0 Å². The summed E-state index contributed by atoms with van der Waals surface area (Å²) in [7, 11) is 1.60. The molecular formula is C27H28N4O2S. The smallest absolute Gasteiger partial charge is 0.251 e. The Balaban J connectivity index is 1.59. The summed E-state index contributed by atoms with van der Waals surface area (Å²) in [6.07, 6.45) is 0. The average Bonchev–Trinajstić information content (AvgIpc) is 3.25. The standard InChI is InChI=1S/C27H28N4O2S/c1-18-6-5-7-21(14-18)17-34-27-30-29-25(31(27)24-15-19(2)8-9-20(24)3)16-28-26(32)22-10-12-23(33-4)13-11-22/h5-15H,16-17H2,1-4H3,(H,28,32). The molecule has 0 aliphatic heterocycles. The minimum absolute atomic E-state index is 0.174. The summed E-state index contributed by atoms with van der Waals surface area (Å²) < 4.78 is 7.22. The highest BCUT2D eigenvalue weighted by molar-refractivity contribution is 7.98. The molecule has 0 aliphatic carbocycles. The van der Waals surface area contributed by atoms with Gasteiger partial charge in [-0.15, -0.1) is 10.2 Å². The fourth-order valence-corrected chi connectivity index (χ4v) is 4.57. The Morgan fingerprint density at radius 1 is 0.971 bits per heavy atom. The van der Waals surface area contributed by atoms with E-state index >= 15 is 0 Å². The van der Waals surface area contributed by atoms with Crippen molar-refractivity contribution in [3.05, 3.63) is 100 Å². The Labute approximate surface area is 204 Å². The first-order chi connectivity index (χ1) is 16.4. The molecule has 0 spiro atoms. The zero-order valence-electron chi connectivity index (χ0n) is 19.8. The molecule has 34 heavy (non-hydrogen) atoms. The Hall–Kier alpha value is -3.58. The molecule has 4 rings (SSSR count). The predicted octanol–water partition coefficient (Wildman–Crippen LogP) is 5.42. The molecule has 0 radical (unpaired) electrons. The van der Waals surface area contributed by atoms with Gasteiger partial charge in [0.25, 0.3) is 5.91 Å². The molecule has 3 aromatic carbocycles. The van der Waals surface area contributed by atoms with Crippen molar-refractivity contribution in [1.29, 1.82) is 0 Å². The Morgan fingerprint density at radius 3 is 2.47 bits per heavy atom. The molecule has 0 fully saturated rings. The molecule has 0 saturated heterocycles. The van der Waals surface area contributed by atoms with E-state index in [0.717, 1.165) is 27.7 Å². The number of nitrogens with one attached hydrogen (secondary N) is 1. The maximum absolute atomic E-state index is 12.7. The van der Waals surface area contributed by atoms with Crippen LogP contribution in [0.15, 0.2) is 71.9 Å². The number of nitrogens with zero attached hydrogens (tertiary/aromatic N) is 3. The first-order valence-electron chi connectivity index (χ1n) is 11.1. The second-order valence-electron chi connectivity index (χ2n) is 8.21. The summed E-state index contributed by atoms with van der Waals surface area (Å²) >= 11 is 1.64. The molecule has 0 aliphatic rings. The molecule has 7 heteroatoms. The topological polar surface area (TPSA) is 69.0 Å². The maximum Gasteiger partial charge on any atom is 0.251 e. The van der Waals surface area contributed by atoms with Gasteiger partial charge in [-0.1, -0.05) is 53.7 Å². The van der Waals surface area contributed by atoms with Crippen LogP contribution in [0.25, 0.3) is 5.69 Å². The lowest BCUT2D eigenvalue weighted by Crippen LogP contribution is -2.24. The van der Waals surface area contributed by atoms with Gasteiger partial charge in [-0.2, -0.15) is 0 Å². The van der Waals surface area contributed by atoms with E-state index in [4.69, 9.17) is 4.74 Å². The van der Waals surface area contributed by atoms with E-state index in [2.05, 4.69) is 83.3 Å². The molecule has 0 saturated carbocycles. The number of amides is 1. The molecule has 174 valence electrons. The first kappa shape index (κ1) is 23.6. The molecule has 1 heterocycles. The Kier molecular flexibility index (Phi) is 7.33. The number of methoxy groups -OCH3 is 1. The largest absolute Gasteiger partial charge is 0.497 e. The summed E-state index contributed by atoms with van der Waals surface area (Å²) in [5, 5.41) is 12.7. The summed E-state index contributed by atoms with van der Waals surface area (Å²) in [5.74, 6) is 2.00. The molecule has 1 aromatic heterocycles. The molecular weight excluding hydrogens is 444 g/mol. The van der Waals surface area contributed by atoms with Crippen LogP contribution < -0.4 is 10.1 Å². The predicted molar refractivity (Wildman–Crippen MR) is 136 cm³/mol. The van der Waals surface area contributed by atoms with Crippen LogP contribution in [0.5, 0.6) is 5.75 Å². The monoisotopic (exact) mass is 472 g/mol. The van der Waals surface area contributed by atoms with Gasteiger partial charge in [-0.25, -0.2) is 0 Å². The molecule has 6 nitrogen and oxygen atoms in total. The molecule has 1 N–H and O–H groups in total. The number of thioether (sulfide) groups is 1. The van der Waals surface area contributed by atoms with Crippen LogP contribution in [0, 0.1) is 20.8 Å². The summed E-state index contributed by atoms with van der Waals surface area (Å²) in [6, 6.07) is 21.8. The van der Waals surface area contributed by atoms with Gasteiger partial charge >= 0.3 is 0 Å². The number of ether oxygens (including phenoxy) is 1. The highest BCUT2D eigenvalue weighted by Crippen LogP contribution is 2.28. The van der Waals surface area contributed by atoms with Crippen molar-refractivity contribution in [2.45, 2.75) is 38.2 Å². The second-order valence-corrected chi connectivity index (χ2v) is 9.16. The highest BCUT2D eigenvalue weighted by Gasteiger charge is 2.18. The average molecular weight is 473 g/mol. The number of benzene rings is 3. The van der Waals surface area contributed by atoms with Crippen molar-refractivity contribution < 1.29 is 9.53 Å². The van der Waals surface area contributed by atoms with E-state index in [0.29, 0.717) is 17.1 Å². The van der Waals surface area contributed by atoms with E-state index in [9.17, 15) is 4.79 Å². The second kappa shape index (κ2) is 10.6.